The number of nitrogens with zero attached hydrogens (tertiary/aromatic N) is 1. The molecule has 0 aromatic carbocycles. The molecule has 1 aliphatic heterocycles. The second-order valence-electron chi connectivity index (χ2n) is 4.84. The van der Waals surface area contributed by atoms with Crippen LogP contribution >= 0.6 is 0 Å². The lowest BCUT2D eigenvalue weighted by Crippen LogP contribution is -2.45. The van der Waals surface area contributed by atoms with Crippen LogP contribution in [0, 0.1) is 0 Å². The SMILES string of the molecule is CC1(Nc2cccc(C(F)(F)F)n2)CCNCC1. The first-order valence-electron chi connectivity index (χ1n) is 5.92. The number of pyridine rings is 1. The van der Waals surface area contributed by atoms with E-state index in [0.717, 1.165) is 32.0 Å². The Bertz CT molecular complexity index is 411. The van der Waals surface area contributed by atoms with Crippen LogP contribution in [0.3, 0.4) is 0 Å². The standard InChI is InChI=1S/C12H16F3N3/c1-11(5-7-16-8-6-11)18-10-4-2-3-9(17-10)12(13,14)15/h2-4,16H,5-8H2,1H3,(H,17,18). The molecule has 3 nitrogen and oxygen atoms in total. The van der Waals surface area contributed by atoms with Gasteiger partial charge in [-0.15, -0.1) is 0 Å². The zero-order valence-electron chi connectivity index (χ0n) is 10.1. The van der Waals surface area contributed by atoms with Gasteiger partial charge in [-0.1, -0.05) is 6.07 Å². The summed E-state index contributed by atoms with van der Waals surface area (Å²) in [4.78, 5) is 3.63. The van der Waals surface area contributed by atoms with Crippen molar-refractivity contribution in [1.29, 1.82) is 0 Å². The lowest BCUT2D eigenvalue weighted by molar-refractivity contribution is -0.141. The van der Waals surface area contributed by atoms with Crippen LogP contribution in [-0.4, -0.2) is 23.6 Å². The van der Waals surface area contributed by atoms with Crippen LogP contribution in [0.5, 0.6) is 0 Å². The normalized spacial score (nSPS) is 19.6. The molecule has 1 aromatic rings. The summed E-state index contributed by atoms with van der Waals surface area (Å²) in [7, 11) is 0. The van der Waals surface area contributed by atoms with Crippen LogP contribution in [0.2, 0.25) is 0 Å². The number of piperidine rings is 1. The Hall–Kier alpha value is -1.30. The Balaban J connectivity index is 2.14. The maximum atomic E-state index is 12.5. The Kier molecular flexibility index (Phi) is 3.47. The molecule has 1 aliphatic rings. The summed E-state index contributed by atoms with van der Waals surface area (Å²) in [5, 5.41) is 6.34. The zero-order valence-corrected chi connectivity index (χ0v) is 10.1. The minimum Gasteiger partial charge on any atom is -0.365 e. The van der Waals surface area contributed by atoms with E-state index >= 15 is 0 Å². The minimum atomic E-state index is -4.40. The van der Waals surface area contributed by atoms with Gasteiger partial charge in [-0.2, -0.15) is 13.2 Å². The third kappa shape index (κ3) is 3.13. The average molecular weight is 259 g/mol. The van der Waals surface area contributed by atoms with Gasteiger partial charge in [-0.3, -0.25) is 0 Å². The van der Waals surface area contributed by atoms with E-state index in [4.69, 9.17) is 0 Å². The van der Waals surface area contributed by atoms with E-state index in [2.05, 4.69) is 15.6 Å². The molecule has 2 heterocycles. The number of hydrogen-bond donors (Lipinski definition) is 2. The van der Waals surface area contributed by atoms with Crippen LogP contribution in [0.4, 0.5) is 19.0 Å². The molecule has 0 atom stereocenters. The fourth-order valence-electron chi connectivity index (χ4n) is 2.07. The summed E-state index contributed by atoms with van der Waals surface area (Å²) < 4.78 is 37.6. The molecule has 1 fully saturated rings. The third-order valence-electron chi connectivity index (χ3n) is 3.18. The summed E-state index contributed by atoms with van der Waals surface area (Å²) in [5.74, 6) is 0.286. The van der Waals surface area contributed by atoms with E-state index in [1.807, 2.05) is 6.92 Å². The Morgan fingerprint density at radius 3 is 2.56 bits per heavy atom. The first-order valence-corrected chi connectivity index (χ1v) is 5.92. The van der Waals surface area contributed by atoms with Crippen molar-refractivity contribution in [2.24, 2.45) is 0 Å². The van der Waals surface area contributed by atoms with Gasteiger partial charge < -0.3 is 10.6 Å². The molecule has 100 valence electrons. The molecule has 0 spiro atoms. The van der Waals surface area contributed by atoms with Crippen LogP contribution in [0.25, 0.3) is 0 Å². The van der Waals surface area contributed by atoms with Crippen molar-refractivity contribution >= 4 is 5.82 Å². The van der Waals surface area contributed by atoms with Gasteiger partial charge in [0.1, 0.15) is 11.5 Å². The maximum absolute atomic E-state index is 12.5. The largest absolute Gasteiger partial charge is 0.433 e. The molecule has 0 aliphatic carbocycles. The molecule has 1 saturated heterocycles. The van der Waals surface area contributed by atoms with E-state index in [-0.39, 0.29) is 11.4 Å². The number of halogens is 3. The summed E-state index contributed by atoms with van der Waals surface area (Å²) in [6.45, 7) is 3.74. The molecule has 0 radical (unpaired) electrons. The summed E-state index contributed by atoms with van der Waals surface area (Å²) in [5.41, 5.74) is -1.05. The number of anilines is 1. The van der Waals surface area contributed by atoms with Crippen molar-refractivity contribution in [3.63, 3.8) is 0 Å². The van der Waals surface area contributed by atoms with Gasteiger partial charge in [-0.25, -0.2) is 4.98 Å². The lowest BCUT2D eigenvalue weighted by Gasteiger charge is -2.35. The molecule has 2 N–H and O–H groups in total. The topological polar surface area (TPSA) is 37.0 Å². The first-order chi connectivity index (χ1) is 8.39. The summed E-state index contributed by atoms with van der Waals surface area (Å²) in [6.07, 6.45) is -2.66. The monoisotopic (exact) mass is 259 g/mol. The van der Waals surface area contributed by atoms with Crippen molar-refractivity contribution in [3.05, 3.63) is 23.9 Å². The van der Waals surface area contributed by atoms with E-state index in [0.29, 0.717) is 0 Å². The average Bonchev–Trinajstić information content (AvgIpc) is 2.28. The van der Waals surface area contributed by atoms with E-state index in [9.17, 15) is 13.2 Å². The molecule has 0 unspecified atom stereocenters. The summed E-state index contributed by atoms with van der Waals surface area (Å²) >= 11 is 0. The van der Waals surface area contributed by atoms with Gasteiger partial charge in [0.25, 0.3) is 0 Å². The molecular formula is C12H16F3N3. The van der Waals surface area contributed by atoms with Gasteiger partial charge in [0.15, 0.2) is 0 Å². The van der Waals surface area contributed by atoms with E-state index < -0.39 is 11.9 Å². The molecule has 6 heteroatoms. The molecule has 2 rings (SSSR count). The number of rotatable bonds is 2. The molecule has 18 heavy (non-hydrogen) atoms. The second-order valence-corrected chi connectivity index (χ2v) is 4.84. The lowest BCUT2D eigenvalue weighted by atomic mass is 9.90. The first kappa shape index (κ1) is 13.1. The highest BCUT2D eigenvalue weighted by Crippen LogP contribution is 2.29. The predicted octanol–water partition coefficient (Wildman–Crippen LogP) is 2.65. The van der Waals surface area contributed by atoms with Crippen LogP contribution in [-0.2, 0) is 6.18 Å². The second kappa shape index (κ2) is 4.76. The van der Waals surface area contributed by atoms with Crippen molar-refractivity contribution < 1.29 is 13.2 Å². The Morgan fingerprint density at radius 2 is 1.94 bits per heavy atom. The highest BCUT2D eigenvalue weighted by molar-refractivity contribution is 5.39. The molecule has 0 saturated carbocycles. The number of alkyl halides is 3. The van der Waals surface area contributed by atoms with Crippen molar-refractivity contribution in [2.45, 2.75) is 31.5 Å². The fraction of sp³-hybridized carbons (Fsp3) is 0.583. The maximum Gasteiger partial charge on any atom is 0.433 e. The van der Waals surface area contributed by atoms with E-state index in [1.54, 1.807) is 6.07 Å². The molecule has 0 amide bonds. The number of nitrogens with one attached hydrogen (secondary N) is 2. The molecule has 0 bridgehead atoms. The highest BCUT2D eigenvalue weighted by atomic mass is 19.4. The van der Waals surface area contributed by atoms with Crippen molar-refractivity contribution in [1.82, 2.24) is 10.3 Å². The predicted molar refractivity (Wildman–Crippen MR) is 63.4 cm³/mol. The van der Waals surface area contributed by atoms with Crippen LogP contribution in [0.1, 0.15) is 25.5 Å². The van der Waals surface area contributed by atoms with Crippen LogP contribution in [0.15, 0.2) is 18.2 Å². The van der Waals surface area contributed by atoms with E-state index in [1.165, 1.54) is 6.07 Å². The van der Waals surface area contributed by atoms with Gasteiger partial charge in [-0.05, 0) is 45.0 Å². The zero-order chi connectivity index (χ0) is 13.2. The smallest absolute Gasteiger partial charge is 0.365 e. The number of hydrogen-bond acceptors (Lipinski definition) is 3. The van der Waals surface area contributed by atoms with Crippen molar-refractivity contribution in [3.8, 4) is 0 Å². The Morgan fingerprint density at radius 1 is 1.28 bits per heavy atom. The number of aromatic nitrogens is 1. The van der Waals surface area contributed by atoms with Gasteiger partial charge >= 0.3 is 6.18 Å². The van der Waals surface area contributed by atoms with Gasteiger partial charge in [0.2, 0.25) is 0 Å². The third-order valence-corrected chi connectivity index (χ3v) is 3.18. The fourth-order valence-corrected chi connectivity index (χ4v) is 2.07. The quantitative estimate of drug-likeness (QED) is 0.857. The molecular weight excluding hydrogens is 243 g/mol. The summed E-state index contributed by atoms with van der Waals surface area (Å²) in [6, 6.07) is 3.93. The molecule has 1 aromatic heterocycles. The van der Waals surface area contributed by atoms with Gasteiger partial charge in [0, 0.05) is 5.54 Å². The van der Waals surface area contributed by atoms with Crippen LogP contribution < -0.4 is 10.6 Å². The minimum absolute atomic E-state index is 0.192. The van der Waals surface area contributed by atoms with Gasteiger partial charge in [0.05, 0.1) is 0 Å². The highest BCUT2D eigenvalue weighted by Gasteiger charge is 2.33. The Labute approximate surface area is 104 Å². The van der Waals surface area contributed by atoms with Crippen molar-refractivity contribution in [2.75, 3.05) is 18.4 Å².